The third-order valence-electron chi connectivity index (χ3n) is 5.75. The van der Waals surface area contributed by atoms with Gasteiger partial charge in [-0.05, 0) is 72.5 Å². The van der Waals surface area contributed by atoms with Crippen LogP contribution < -0.4 is 14.2 Å². The molecule has 0 aliphatic carbocycles. The summed E-state index contributed by atoms with van der Waals surface area (Å²) < 4.78 is 26.0. The molecule has 0 bridgehead atoms. The second kappa shape index (κ2) is 15.8. The van der Waals surface area contributed by atoms with Crippen molar-refractivity contribution in [2.75, 3.05) is 20.3 Å². The van der Waals surface area contributed by atoms with E-state index in [1.165, 1.54) is 7.11 Å². The molecule has 1 atom stereocenters. The van der Waals surface area contributed by atoms with Crippen LogP contribution in [0.15, 0.2) is 97.6 Å². The summed E-state index contributed by atoms with van der Waals surface area (Å²) in [5, 5.41) is 9.37. The number of ether oxygens (including phenoxy) is 5. The maximum Gasteiger partial charge on any atom is 0.343 e. The first-order valence-electron chi connectivity index (χ1n) is 12.8. The molecule has 214 valence electrons. The fourth-order valence-corrected chi connectivity index (χ4v) is 3.48. The average Bonchev–Trinajstić information content (AvgIpc) is 2.99. The number of carbonyl (C=O) groups is 3. The number of hydrogen-bond acceptors (Lipinski definition) is 9. The Labute approximate surface area is 238 Å². The zero-order valence-corrected chi connectivity index (χ0v) is 22.7. The van der Waals surface area contributed by atoms with E-state index in [0.29, 0.717) is 42.3 Å². The number of aliphatic hydroxyl groups is 1. The van der Waals surface area contributed by atoms with Crippen LogP contribution >= 0.6 is 0 Å². The summed E-state index contributed by atoms with van der Waals surface area (Å²) in [6.07, 6.45) is 1.25. The molecular formula is C32H32O9. The summed E-state index contributed by atoms with van der Waals surface area (Å²) in [6, 6.07) is 20.6. The topological polar surface area (TPSA) is 118 Å². The molecule has 0 amide bonds. The third-order valence-corrected chi connectivity index (χ3v) is 5.75. The monoisotopic (exact) mass is 560 g/mol. The molecule has 0 saturated heterocycles. The molecule has 3 rings (SSSR count). The Morgan fingerprint density at radius 1 is 0.805 bits per heavy atom. The number of benzene rings is 3. The van der Waals surface area contributed by atoms with Gasteiger partial charge in [0.15, 0.2) is 6.29 Å². The van der Waals surface area contributed by atoms with E-state index in [1.54, 1.807) is 60.7 Å². The Balaban J connectivity index is 1.39. The number of aliphatic hydroxyl groups excluding tert-OH is 1. The van der Waals surface area contributed by atoms with Crippen molar-refractivity contribution < 1.29 is 43.2 Å². The highest BCUT2D eigenvalue weighted by Gasteiger charge is 2.13. The van der Waals surface area contributed by atoms with Gasteiger partial charge in [0.05, 0.1) is 18.8 Å². The van der Waals surface area contributed by atoms with Crippen molar-refractivity contribution in [3.05, 3.63) is 103 Å². The predicted octanol–water partition coefficient (Wildman–Crippen LogP) is 5.28. The quantitative estimate of drug-likeness (QED) is 0.0871. The van der Waals surface area contributed by atoms with E-state index in [0.717, 1.165) is 17.2 Å². The first-order valence-corrected chi connectivity index (χ1v) is 12.8. The zero-order chi connectivity index (χ0) is 29.6. The number of hydrogen-bond donors (Lipinski definition) is 1. The van der Waals surface area contributed by atoms with Gasteiger partial charge in [0.2, 0.25) is 0 Å². The highest BCUT2D eigenvalue weighted by atomic mass is 16.6. The minimum absolute atomic E-state index is 0.00979. The van der Waals surface area contributed by atoms with Crippen LogP contribution in [0.3, 0.4) is 0 Å². The van der Waals surface area contributed by atoms with E-state index in [2.05, 4.69) is 17.9 Å². The van der Waals surface area contributed by atoms with Gasteiger partial charge in [0, 0.05) is 25.2 Å². The maximum absolute atomic E-state index is 12.6. The molecule has 41 heavy (non-hydrogen) atoms. The number of carbonyl (C=O) groups excluding carboxylic acids is 3. The minimum atomic E-state index is -1.08. The van der Waals surface area contributed by atoms with Crippen molar-refractivity contribution in [3.8, 4) is 28.4 Å². The van der Waals surface area contributed by atoms with Gasteiger partial charge in [-0.3, -0.25) is 0 Å². The number of methoxy groups -OCH3 is 1. The lowest BCUT2D eigenvalue weighted by Gasteiger charge is -2.11. The summed E-state index contributed by atoms with van der Waals surface area (Å²) in [5.74, 6) is -0.188. The van der Waals surface area contributed by atoms with Crippen LogP contribution in [-0.2, 0) is 19.1 Å². The fraction of sp³-hybridized carbons (Fsp3) is 0.219. The molecule has 0 aliphatic rings. The van der Waals surface area contributed by atoms with E-state index < -0.39 is 24.2 Å². The van der Waals surface area contributed by atoms with Crippen molar-refractivity contribution in [3.63, 3.8) is 0 Å². The summed E-state index contributed by atoms with van der Waals surface area (Å²) >= 11 is 0. The standard InChI is InChI=1S/C32H32O9/c1-4-29(33)40-27-13-11-24(12-14-27)23-7-9-25(10-8-23)32(36)41-28-17-15-26(16-18-28)38-19-5-6-20-39-31(35)22(2)21-30(34)37-3/h4,7-18,30,34H,1-2,5-6,19-21H2,3H3. The molecule has 3 aromatic carbocycles. The van der Waals surface area contributed by atoms with Crippen molar-refractivity contribution in [2.24, 2.45) is 0 Å². The molecule has 9 heteroatoms. The van der Waals surface area contributed by atoms with E-state index in [9.17, 15) is 19.5 Å². The molecule has 1 unspecified atom stereocenters. The Morgan fingerprint density at radius 3 is 1.95 bits per heavy atom. The third kappa shape index (κ3) is 10.1. The van der Waals surface area contributed by atoms with Gasteiger partial charge in [0.25, 0.3) is 0 Å². The van der Waals surface area contributed by atoms with Crippen molar-refractivity contribution in [1.29, 1.82) is 0 Å². The van der Waals surface area contributed by atoms with Crippen LogP contribution in [0.1, 0.15) is 29.6 Å². The van der Waals surface area contributed by atoms with E-state index >= 15 is 0 Å². The molecule has 0 spiro atoms. The van der Waals surface area contributed by atoms with Gasteiger partial charge >= 0.3 is 17.9 Å². The van der Waals surface area contributed by atoms with Crippen LogP contribution in [0.4, 0.5) is 0 Å². The number of esters is 3. The Morgan fingerprint density at radius 2 is 1.34 bits per heavy atom. The van der Waals surface area contributed by atoms with Crippen LogP contribution in [0.25, 0.3) is 11.1 Å². The average molecular weight is 561 g/mol. The van der Waals surface area contributed by atoms with Gasteiger partial charge in [-0.15, -0.1) is 0 Å². The van der Waals surface area contributed by atoms with Gasteiger partial charge in [-0.2, -0.15) is 0 Å². The van der Waals surface area contributed by atoms with Crippen LogP contribution in [0.2, 0.25) is 0 Å². The molecule has 0 aliphatic heterocycles. The first-order chi connectivity index (χ1) is 19.8. The highest BCUT2D eigenvalue weighted by Crippen LogP contribution is 2.24. The van der Waals surface area contributed by atoms with Crippen LogP contribution in [0.5, 0.6) is 17.2 Å². The smallest absolute Gasteiger partial charge is 0.343 e. The molecule has 3 aromatic rings. The second-order valence-corrected chi connectivity index (χ2v) is 8.78. The molecule has 0 fully saturated rings. The summed E-state index contributed by atoms with van der Waals surface area (Å²) in [6.45, 7) is 7.57. The SMILES string of the molecule is C=CC(=O)Oc1ccc(-c2ccc(C(=O)Oc3ccc(OCCCCOC(=O)C(=C)CC(O)OC)cc3)cc2)cc1. The van der Waals surface area contributed by atoms with Gasteiger partial charge in [-0.25, -0.2) is 14.4 Å². The predicted molar refractivity (Wildman–Crippen MR) is 152 cm³/mol. The van der Waals surface area contributed by atoms with Crippen molar-refractivity contribution in [2.45, 2.75) is 25.6 Å². The van der Waals surface area contributed by atoms with E-state index in [1.807, 2.05) is 12.1 Å². The van der Waals surface area contributed by atoms with Crippen LogP contribution in [0, 0.1) is 0 Å². The highest BCUT2D eigenvalue weighted by molar-refractivity contribution is 5.91. The summed E-state index contributed by atoms with van der Waals surface area (Å²) in [4.78, 5) is 35.7. The van der Waals surface area contributed by atoms with Crippen molar-refractivity contribution in [1.82, 2.24) is 0 Å². The number of unbranched alkanes of at least 4 members (excludes halogenated alkanes) is 1. The lowest BCUT2D eigenvalue weighted by atomic mass is 10.0. The normalized spacial score (nSPS) is 11.2. The fourth-order valence-electron chi connectivity index (χ4n) is 3.48. The first kappa shape index (κ1) is 30.8. The Bertz CT molecular complexity index is 1330. The molecule has 0 heterocycles. The minimum Gasteiger partial charge on any atom is -0.494 e. The lowest BCUT2D eigenvalue weighted by molar-refractivity contribution is -0.141. The van der Waals surface area contributed by atoms with Gasteiger partial charge < -0.3 is 28.8 Å². The molecule has 0 radical (unpaired) electrons. The largest absolute Gasteiger partial charge is 0.494 e. The molecule has 0 aromatic heterocycles. The Kier molecular flexibility index (Phi) is 11.8. The molecule has 9 nitrogen and oxygen atoms in total. The molecular weight excluding hydrogens is 528 g/mol. The number of rotatable bonds is 15. The zero-order valence-electron chi connectivity index (χ0n) is 22.7. The second-order valence-electron chi connectivity index (χ2n) is 8.78. The molecule has 0 saturated carbocycles. The van der Waals surface area contributed by atoms with Crippen LogP contribution in [-0.4, -0.2) is 49.6 Å². The summed E-state index contributed by atoms with van der Waals surface area (Å²) in [5.41, 5.74) is 2.31. The van der Waals surface area contributed by atoms with E-state index in [4.69, 9.17) is 18.9 Å². The lowest BCUT2D eigenvalue weighted by Crippen LogP contribution is -2.16. The summed E-state index contributed by atoms with van der Waals surface area (Å²) in [7, 11) is 1.33. The van der Waals surface area contributed by atoms with Gasteiger partial charge in [0.1, 0.15) is 17.2 Å². The van der Waals surface area contributed by atoms with Gasteiger partial charge in [-0.1, -0.05) is 37.4 Å². The molecule has 1 N–H and O–H groups in total. The van der Waals surface area contributed by atoms with E-state index in [-0.39, 0.29) is 18.6 Å². The Hall–Kier alpha value is -4.73. The van der Waals surface area contributed by atoms with Crippen molar-refractivity contribution >= 4 is 17.9 Å². The maximum atomic E-state index is 12.6.